The van der Waals surface area contributed by atoms with Crippen LogP contribution in [0.1, 0.15) is 30.0 Å². The van der Waals surface area contributed by atoms with Crippen LogP contribution in [0.5, 0.6) is 0 Å². The van der Waals surface area contributed by atoms with E-state index in [1.165, 1.54) is 4.68 Å². The molecule has 9 heteroatoms. The molecule has 0 aliphatic carbocycles. The van der Waals surface area contributed by atoms with Crippen LogP contribution in [-0.2, 0) is 11.2 Å². The van der Waals surface area contributed by atoms with Crippen molar-refractivity contribution in [2.24, 2.45) is 0 Å². The van der Waals surface area contributed by atoms with Gasteiger partial charge in [-0.3, -0.25) is 0 Å². The van der Waals surface area contributed by atoms with Gasteiger partial charge in [0.2, 0.25) is 5.75 Å². The van der Waals surface area contributed by atoms with Crippen LogP contribution in [0.25, 0.3) is 0 Å². The van der Waals surface area contributed by atoms with E-state index in [-0.39, 0.29) is 12.2 Å². The van der Waals surface area contributed by atoms with Gasteiger partial charge in [0.05, 0.1) is 6.04 Å². The number of nitrogens with zero attached hydrogens (tertiary/aromatic N) is 3. The minimum absolute atomic E-state index is 0.0700. The lowest BCUT2D eigenvalue weighted by Crippen LogP contribution is -2.24. The van der Waals surface area contributed by atoms with E-state index in [1.807, 2.05) is 0 Å². The van der Waals surface area contributed by atoms with E-state index in [2.05, 4.69) is 10.1 Å². The number of fused-ring (bicyclic) bond motifs is 1. The highest BCUT2D eigenvalue weighted by Gasteiger charge is 2.41. The van der Waals surface area contributed by atoms with Crippen molar-refractivity contribution in [3.05, 3.63) is 41.7 Å². The van der Waals surface area contributed by atoms with Crippen molar-refractivity contribution in [1.82, 2.24) is 14.8 Å². The second-order valence-corrected chi connectivity index (χ2v) is 6.28. The maximum absolute atomic E-state index is 14.0. The zero-order valence-corrected chi connectivity index (χ0v) is 11.9. The second kappa shape index (κ2) is 5.54. The lowest BCUT2D eigenvalue weighted by Gasteiger charge is -2.12. The molecule has 0 bridgehead atoms. The van der Waals surface area contributed by atoms with E-state index in [9.17, 15) is 22.1 Å². The van der Waals surface area contributed by atoms with Crippen molar-refractivity contribution < 1.29 is 22.1 Å². The molecule has 0 saturated carbocycles. The number of aromatic nitrogens is 3. The Kier molecular flexibility index (Phi) is 3.85. The quantitative estimate of drug-likeness (QED) is 0.641. The van der Waals surface area contributed by atoms with Crippen LogP contribution in [0.2, 0.25) is 0 Å². The Hall–Kier alpha value is -1.61. The maximum Gasteiger partial charge on any atom is 0.433 e. The summed E-state index contributed by atoms with van der Waals surface area (Å²) in [4.78, 5) is 3.71. The fourth-order valence-electron chi connectivity index (χ4n) is 2.42. The minimum atomic E-state index is -4.59. The highest BCUT2D eigenvalue weighted by molar-refractivity contribution is 7.91. The highest BCUT2D eigenvalue weighted by Crippen LogP contribution is 2.39. The molecule has 1 aromatic heterocycles. The third kappa shape index (κ3) is 2.95. The van der Waals surface area contributed by atoms with E-state index in [1.54, 1.807) is 30.3 Å². The molecular weight excluding hydrogens is 322 g/mol. The van der Waals surface area contributed by atoms with Crippen LogP contribution in [0.15, 0.2) is 35.5 Å². The zero-order valence-electron chi connectivity index (χ0n) is 11.1. The Morgan fingerprint density at radius 3 is 2.59 bits per heavy atom. The molecular formula is C13H11F4N3OS. The van der Waals surface area contributed by atoms with E-state index in [4.69, 9.17) is 0 Å². The molecule has 1 aliphatic rings. The highest BCUT2D eigenvalue weighted by atomic mass is 32.2. The molecule has 0 unspecified atom stereocenters. The maximum atomic E-state index is 14.0. The summed E-state index contributed by atoms with van der Waals surface area (Å²) in [7, 11) is 0. The Morgan fingerprint density at radius 2 is 1.95 bits per heavy atom. The lowest BCUT2D eigenvalue weighted by molar-refractivity contribution is -0.106. The van der Waals surface area contributed by atoms with Crippen molar-refractivity contribution in [2.45, 2.75) is 30.0 Å². The minimum Gasteiger partial charge on any atom is -0.609 e. The van der Waals surface area contributed by atoms with E-state index >= 15 is 0 Å². The molecule has 2 aromatic rings. The Balaban J connectivity index is 1.90. The van der Waals surface area contributed by atoms with Gasteiger partial charge in [-0.2, -0.15) is 18.2 Å². The third-order valence-corrected chi connectivity index (χ3v) is 4.50. The van der Waals surface area contributed by atoms with E-state index in [0.29, 0.717) is 0 Å². The van der Waals surface area contributed by atoms with Gasteiger partial charge in [0.25, 0.3) is 0 Å². The second-order valence-electron chi connectivity index (χ2n) is 4.93. The largest absolute Gasteiger partial charge is 0.609 e. The number of hydrogen-bond donors (Lipinski definition) is 0. The van der Waals surface area contributed by atoms with Gasteiger partial charge >= 0.3 is 11.3 Å². The molecule has 0 saturated heterocycles. The van der Waals surface area contributed by atoms with Crippen LogP contribution < -0.4 is 0 Å². The first kappa shape index (κ1) is 15.3. The van der Waals surface area contributed by atoms with Gasteiger partial charge in [-0.1, -0.05) is 30.3 Å². The lowest BCUT2D eigenvalue weighted by atomic mass is 10.0. The van der Waals surface area contributed by atoms with Crippen LogP contribution >= 0.6 is 0 Å². The number of benzene rings is 1. The molecule has 118 valence electrons. The summed E-state index contributed by atoms with van der Waals surface area (Å²) >= 11 is -2.43. The van der Waals surface area contributed by atoms with Crippen LogP contribution in [0, 0.1) is 0 Å². The molecule has 22 heavy (non-hydrogen) atoms. The summed E-state index contributed by atoms with van der Waals surface area (Å²) in [5.41, 5.74) is 0.780. The first-order valence-corrected chi connectivity index (χ1v) is 7.77. The summed E-state index contributed by atoms with van der Waals surface area (Å²) in [6.45, 7) is 0. The van der Waals surface area contributed by atoms with Gasteiger partial charge < -0.3 is 4.55 Å². The Labute approximate surface area is 126 Å². The summed E-state index contributed by atoms with van der Waals surface area (Å²) in [5.74, 6) is -1.61. The molecule has 0 fully saturated rings. The number of halogens is 4. The summed E-state index contributed by atoms with van der Waals surface area (Å²) in [6, 6.07) is 8.47. The average molecular weight is 333 g/mol. The molecule has 0 radical (unpaired) electrons. The van der Waals surface area contributed by atoms with Gasteiger partial charge in [0, 0.05) is 17.6 Å². The SMILES string of the molecule is [O-][S@@+](CC(F)(F)F)c1nc2n(n1)[C@H](c1ccccc1)C[C@@H]2F. The molecule has 4 nitrogen and oxygen atoms in total. The summed E-state index contributed by atoms with van der Waals surface area (Å²) in [6.07, 6.45) is -5.91. The normalized spacial score (nSPS) is 22.6. The number of rotatable bonds is 3. The zero-order chi connectivity index (χ0) is 15.9. The fourth-order valence-corrected chi connectivity index (χ4v) is 3.22. The standard InChI is InChI=1S/C13H11F4N3OS/c14-9-6-10(8-4-2-1-3-5-8)20-11(9)18-12(19-20)22(21)7-13(15,16)17/h1-5,9-10H,6-7H2/t9-,10-,22-/m0/s1. The van der Waals surface area contributed by atoms with E-state index < -0.39 is 40.5 Å². The van der Waals surface area contributed by atoms with Gasteiger partial charge in [0.1, 0.15) is 0 Å². The molecule has 0 spiro atoms. The number of hydrogen-bond acceptors (Lipinski definition) is 3. The Morgan fingerprint density at radius 1 is 1.27 bits per heavy atom. The first-order chi connectivity index (χ1) is 10.3. The third-order valence-electron chi connectivity index (χ3n) is 3.33. The van der Waals surface area contributed by atoms with Gasteiger partial charge in [-0.25, -0.2) is 9.07 Å². The summed E-state index contributed by atoms with van der Waals surface area (Å²) < 4.78 is 63.8. The Bertz CT molecular complexity index is 661. The van der Waals surface area contributed by atoms with Gasteiger partial charge in [0.15, 0.2) is 12.0 Å². The van der Waals surface area contributed by atoms with Crippen molar-refractivity contribution in [1.29, 1.82) is 0 Å². The molecule has 0 N–H and O–H groups in total. The molecule has 2 heterocycles. The molecule has 1 aliphatic heterocycles. The van der Waals surface area contributed by atoms with Gasteiger partial charge in [-0.05, 0) is 5.56 Å². The van der Waals surface area contributed by atoms with E-state index in [0.717, 1.165) is 5.56 Å². The first-order valence-electron chi connectivity index (χ1n) is 6.46. The smallest absolute Gasteiger partial charge is 0.433 e. The van der Waals surface area contributed by atoms with Gasteiger partial charge in [-0.15, -0.1) is 5.10 Å². The molecule has 3 rings (SSSR count). The molecule has 0 amide bonds. The summed E-state index contributed by atoms with van der Waals surface area (Å²) in [5, 5.41) is 3.37. The molecule has 1 aromatic carbocycles. The monoisotopic (exact) mass is 333 g/mol. The van der Waals surface area contributed by atoms with Crippen molar-refractivity contribution >= 4 is 11.2 Å². The van der Waals surface area contributed by atoms with Crippen LogP contribution in [0.4, 0.5) is 17.6 Å². The molecule has 3 atom stereocenters. The van der Waals surface area contributed by atoms with Crippen LogP contribution in [-0.4, -0.2) is 31.2 Å². The van der Waals surface area contributed by atoms with Crippen molar-refractivity contribution in [3.63, 3.8) is 0 Å². The van der Waals surface area contributed by atoms with Crippen LogP contribution in [0.3, 0.4) is 0 Å². The number of alkyl halides is 4. The van der Waals surface area contributed by atoms with Crippen molar-refractivity contribution in [2.75, 3.05) is 5.75 Å². The van der Waals surface area contributed by atoms with Crippen molar-refractivity contribution in [3.8, 4) is 0 Å². The average Bonchev–Trinajstić information content (AvgIpc) is 2.99. The fraction of sp³-hybridized carbons (Fsp3) is 0.385. The predicted octanol–water partition coefficient (Wildman–Crippen LogP) is 2.95. The topological polar surface area (TPSA) is 53.8 Å². The predicted molar refractivity (Wildman–Crippen MR) is 70.4 cm³/mol.